The van der Waals surface area contributed by atoms with Crippen molar-refractivity contribution in [1.82, 2.24) is 5.32 Å². The summed E-state index contributed by atoms with van der Waals surface area (Å²) in [5, 5.41) is 7.57. The van der Waals surface area contributed by atoms with Crippen molar-refractivity contribution in [3.8, 4) is 5.75 Å². The number of nitrogens with one attached hydrogen (secondary N) is 2. The van der Waals surface area contributed by atoms with Gasteiger partial charge in [0.2, 0.25) is 0 Å². The van der Waals surface area contributed by atoms with Crippen LogP contribution in [0.25, 0.3) is 0 Å². The van der Waals surface area contributed by atoms with Crippen molar-refractivity contribution in [1.29, 1.82) is 0 Å². The van der Waals surface area contributed by atoms with E-state index in [2.05, 4.69) is 17.6 Å². The number of ether oxygens (including phenoxy) is 1. The second-order valence-corrected chi connectivity index (χ2v) is 5.09. The molecular weight excluding hydrogens is 248 g/mol. The fraction of sp³-hybridized carbons (Fsp3) is 0.571. The maximum absolute atomic E-state index is 6.20. The van der Waals surface area contributed by atoms with E-state index < -0.39 is 0 Å². The van der Waals surface area contributed by atoms with Gasteiger partial charge in [0.15, 0.2) is 0 Å². The summed E-state index contributed by atoms with van der Waals surface area (Å²) in [6.45, 7) is 4.94. The van der Waals surface area contributed by atoms with Crippen LogP contribution in [0.5, 0.6) is 5.75 Å². The van der Waals surface area contributed by atoms with Crippen molar-refractivity contribution in [3.05, 3.63) is 23.2 Å². The predicted molar refractivity (Wildman–Crippen MR) is 76.8 cm³/mol. The molecule has 100 valence electrons. The van der Waals surface area contributed by atoms with Gasteiger partial charge in [-0.15, -0.1) is 0 Å². The lowest BCUT2D eigenvalue weighted by Gasteiger charge is -2.25. The highest BCUT2D eigenvalue weighted by Gasteiger charge is 2.13. The fourth-order valence-corrected chi connectivity index (χ4v) is 2.37. The third-order valence-corrected chi connectivity index (χ3v) is 3.36. The Morgan fingerprint density at radius 1 is 1.50 bits per heavy atom. The van der Waals surface area contributed by atoms with E-state index in [1.807, 2.05) is 18.2 Å². The molecule has 0 radical (unpaired) electrons. The molecule has 1 heterocycles. The molecule has 0 aliphatic carbocycles. The normalized spacial score (nSPS) is 19.6. The number of halogens is 1. The zero-order chi connectivity index (χ0) is 12.8. The standard InChI is InChI=1S/C14H21ClN2O/c1-2-8-18-14-6-5-11(9-13(14)15)17-12-4-3-7-16-10-12/h5-6,9,12,16-17H,2-4,7-8,10H2,1H3. The summed E-state index contributed by atoms with van der Waals surface area (Å²) < 4.78 is 5.56. The third-order valence-electron chi connectivity index (χ3n) is 3.06. The van der Waals surface area contributed by atoms with Crippen LogP contribution in [-0.2, 0) is 0 Å². The average Bonchev–Trinajstić information content (AvgIpc) is 2.39. The quantitative estimate of drug-likeness (QED) is 0.860. The van der Waals surface area contributed by atoms with E-state index in [-0.39, 0.29) is 0 Å². The lowest BCUT2D eigenvalue weighted by molar-refractivity contribution is 0.317. The molecule has 1 atom stereocenters. The van der Waals surface area contributed by atoms with Gasteiger partial charge >= 0.3 is 0 Å². The Balaban J connectivity index is 1.94. The van der Waals surface area contributed by atoms with Crippen LogP contribution in [-0.4, -0.2) is 25.7 Å². The van der Waals surface area contributed by atoms with Crippen LogP contribution in [0.4, 0.5) is 5.69 Å². The van der Waals surface area contributed by atoms with Crippen molar-refractivity contribution >= 4 is 17.3 Å². The lowest BCUT2D eigenvalue weighted by Crippen LogP contribution is -2.38. The van der Waals surface area contributed by atoms with E-state index in [0.29, 0.717) is 17.7 Å². The molecule has 1 aliphatic heterocycles. The number of benzene rings is 1. The first-order valence-corrected chi connectivity index (χ1v) is 7.07. The van der Waals surface area contributed by atoms with E-state index in [4.69, 9.17) is 16.3 Å². The molecule has 0 amide bonds. The van der Waals surface area contributed by atoms with Crippen LogP contribution < -0.4 is 15.4 Å². The summed E-state index contributed by atoms with van der Waals surface area (Å²) in [5.74, 6) is 0.769. The molecule has 0 bridgehead atoms. The van der Waals surface area contributed by atoms with E-state index in [1.54, 1.807) is 0 Å². The Kier molecular flexibility index (Phi) is 5.14. The summed E-state index contributed by atoms with van der Waals surface area (Å²) in [4.78, 5) is 0. The van der Waals surface area contributed by atoms with E-state index >= 15 is 0 Å². The summed E-state index contributed by atoms with van der Waals surface area (Å²) >= 11 is 6.20. The molecule has 1 aromatic rings. The van der Waals surface area contributed by atoms with Gasteiger partial charge in [-0.2, -0.15) is 0 Å². The van der Waals surface area contributed by atoms with Gasteiger partial charge in [-0.1, -0.05) is 18.5 Å². The van der Waals surface area contributed by atoms with Crippen molar-refractivity contribution in [2.75, 3.05) is 25.0 Å². The average molecular weight is 269 g/mol. The molecule has 0 spiro atoms. The number of piperidine rings is 1. The van der Waals surface area contributed by atoms with Gasteiger partial charge in [0.25, 0.3) is 0 Å². The topological polar surface area (TPSA) is 33.3 Å². The summed E-state index contributed by atoms with van der Waals surface area (Å²) in [6, 6.07) is 6.42. The molecule has 0 saturated carbocycles. The molecule has 1 fully saturated rings. The summed E-state index contributed by atoms with van der Waals surface area (Å²) in [6.07, 6.45) is 3.42. The minimum absolute atomic E-state index is 0.497. The first kappa shape index (κ1) is 13.5. The molecule has 2 rings (SSSR count). The molecule has 4 heteroatoms. The van der Waals surface area contributed by atoms with Gasteiger partial charge in [0.05, 0.1) is 11.6 Å². The van der Waals surface area contributed by atoms with Crippen molar-refractivity contribution in [2.24, 2.45) is 0 Å². The molecule has 0 aromatic heterocycles. The van der Waals surface area contributed by atoms with Crippen LogP contribution >= 0.6 is 11.6 Å². The Morgan fingerprint density at radius 3 is 3.06 bits per heavy atom. The molecule has 1 saturated heterocycles. The monoisotopic (exact) mass is 268 g/mol. The third kappa shape index (κ3) is 3.79. The SMILES string of the molecule is CCCOc1ccc(NC2CCCNC2)cc1Cl. The second-order valence-electron chi connectivity index (χ2n) is 4.68. The number of hydrogen-bond acceptors (Lipinski definition) is 3. The Hall–Kier alpha value is -0.930. The molecule has 3 nitrogen and oxygen atoms in total. The van der Waals surface area contributed by atoms with Crippen LogP contribution in [0.1, 0.15) is 26.2 Å². The molecule has 1 unspecified atom stereocenters. The van der Waals surface area contributed by atoms with Crippen molar-refractivity contribution in [3.63, 3.8) is 0 Å². The maximum Gasteiger partial charge on any atom is 0.138 e. The number of hydrogen-bond donors (Lipinski definition) is 2. The summed E-state index contributed by atoms with van der Waals surface area (Å²) in [5.41, 5.74) is 1.07. The van der Waals surface area contributed by atoms with Gasteiger partial charge in [0, 0.05) is 18.3 Å². The van der Waals surface area contributed by atoms with Gasteiger partial charge < -0.3 is 15.4 Å². The van der Waals surface area contributed by atoms with Gasteiger partial charge in [-0.25, -0.2) is 0 Å². The number of anilines is 1. The van der Waals surface area contributed by atoms with Crippen LogP contribution in [0.2, 0.25) is 5.02 Å². The zero-order valence-electron chi connectivity index (χ0n) is 10.8. The van der Waals surface area contributed by atoms with Gasteiger partial charge in [-0.05, 0) is 44.0 Å². The first-order valence-electron chi connectivity index (χ1n) is 6.69. The Labute approximate surface area is 114 Å². The lowest BCUT2D eigenvalue weighted by atomic mass is 10.1. The first-order chi connectivity index (χ1) is 8.79. The Bertz CT molecular complexity index is 378. The molecular formula is C14H21ClN2O. The largest absolute Gasteiger partial charge is 0.492 e. The maximum atomic E-state index is 6.20. The highest BCUT2D eigenvalue weighted by atomic mass is 35.5. The minimum Gasteiger partial charge on any atom is -0.492 e. The molecule has 2 N–H and O–H groups in total. The van der Waals surface area contributed by atoms with Crippen molar-refractivity contribution in [2.45, 2.75) is 32.2 Å². The fourth-order valence-electron chi connectivity index (χ4n) is 2.13. The smallest absolute Gasteiger partial charge is 0.138 e. The highest BCUT2D eigenvalue weighted by Crippen LogP contribution is 2.28. The molecule has 1 aliphatic rings. The molecule has 18 heavy (non-hydrogen) atoms. The van der Waals surface area contributed by atoms with Crippen LogP contribution in [0, 0.1) is 0 Å². The molecule has 1 aromatic carbocycles. The zero-order valence-corrected chi connectivity index (χ0v) is 11.6. The predicted octanol–water partition coefficient (Wildman–Crippen LogP) is 3.29. The van der Waals surface area contributed by atoms with E-state index in [0.717, 1.165) is 30.9 Å². The van der Waals surface area contributed by atoms with Crippen molar-refractivity contribution < 1.29 is 4.74 Å². The van der Waals surface area contributed by atoms with E-state index in [9.17, 15) is 0 Å². The Morgan fingerprint density at radius 2 is 2.39 bits per heavy atom. The minimum atomic E-state index is 0.497. The number of rotatable bonds is 5. The second kappa shape index (κ2) is 6.86. The van der Waals surface area contributed by atoms with Gasteiger partial charge in [-0.3, -0.25) is 0 Å². The van der Waals surface area contributed by atoms with Gasteiger partial charge in [0.1, 0.15) is 5.75 Å². The van der Waals surface area contributed by atoms with Crippen LogP contribution in [0.15, 0.2) is 18.2 Å². The van der Waals surface area contributed by atoms with Crippen LogP contribution in [0.3, 0.4) is 0 Å². The summed E-state index contributed by atoms with van der Waals surface area (Å²) in [7, 11) is 0. The van der Waals surface area contributed by atoms with E-state index in [1.165, 1.54) is 12.8 Å². The highest BCUT2D eigenvalue weighted by molar-refractivity contribution is 6.32.